The molecule has 33 heavy (non-hydrogen) atoms. The Balaban J connectivity index is 1.37. The number of hydrogen-bond acceptors (Lipinski definition) is 5. The lowest BCUT2D eigenvalue weighted by Gasteiger charge is -2.46. The van der Waals surface area contributed by atoms with Crippen molar-refractivity contribution in [1.82, 2.24) is 5.32 Å². The lowest BCUT2D eigenvalue weighted by atomic mass is 9.87. The Morgan fingerprint density at radius 3 is 2.21 bits per heavy atom. The fraction of sp³-hybridized carbons (Fsp3) is 0.462. The fourth-order valence-electron chi connectivity index (χ4n) is 4.91. The van der Waals surface area contributed by atoms with Crippen molar-refractivity contribution in [3.05, 3.63) is 59.7 Å². The first-order chi connectivity index (χ1) is 15.7. The number of rotatable bonds is 6. The summed E-state index contributed by atoms with van der Waals surface area (Å²) < 4.78 is 17.5. The zero-order chi connectivity index (χ0) is 23.8. The van der Waals surface area contributed by atoms with Crippen LogP contribution in [0.4, 0.5) is 4.79 Å². The van der Waals surface area contributed by atoms with Crippen LogP contribution in [0.2, 0.25) is 0 Å². The maximum Gasteiger partial charge on any atom is 0.407 e. The Morgan fingerprint density at radius 2 is 1.64 bits per heavy atom. The second kappa shape index (κ2) is 9.15. The van der Waals surface area contributed by atoms with E-state index in [-0.39, 0.29) is 25.0 Å². The topological polar surface area (TPSA) is 94.1 Å². The van der Waals surface area contributed by atoms with Gasteiger partial charge in [-0.3, -0.25) is 4.79 Å². The minimum atomic E-state index is -0.950. The molecule has 0 aromatic heterocycles. The van der Waals surface area contributed by atoms with E-state index < -0.39 is 36.0 Å². The molecule has 0 saturated carbocycles. The Morgan fingerprint density at radius 1 is 1.06 bits per heavy atom. The third kappa shape index (κ3) is 4.75. The van der Waals surface area contributed by atoms with Crippen LogP contribution in [-0.4, -0.2) is 48.3 Å². The molecule has 4 atom stereocenters. The number of ether oxygens (including phenoxy) is 3. The van der Waals surface area contributed by atoms with E-state index in [4.69, 9.17) is 14.2 Å². The van der Waals surface area contributed by atoms with Gasteiger partial charge in [-0.2, -0.15) is 0 Å². The molecule has 7 heteroatoms. The highest BCUT2D eigenvalue weighted by atomic mass is 16.7. The average molecular weight is 454 g/mol. The summed E-state index contributed by atoms with van der Waals surface area (Å²) in [5.74, 6) is -2.80. The molecule has 1 saturated heterocycles. The van der Waals surface area contributed by atoms with Crippen LogP contribution in [0.15, 0.2) is 48.5 Å². The molecule has 0 bridgehead atoms. The van der Waals surface area contributed by atoms with Crippen molar-refractivity contribution in [3.8, 4) is 11.1 Å². The summed E-state index contributed by atoms with van der Waals surface area (Å²) in [5.41, 5.74) is 4.65. The third-order valence-electron chi connectivity index (χ3n) is 6.63. The Bertz CT molecular complexity index is 989. The van der Waals surface area contributed by atoms with Crippen LogP contribution in [0.3, 0.4) is 0 Å². The van der Waals surface area contributed by atoms with Crippen LogP contribution >= 0.6 is 0 Å². The van der Waals surface area contributed by atoms with Crippen molar-refractivity contribution >= 4 is 12.1 Å². The van der Waals surface area contributed by atoms with Gasteiger partial charge in [0.25, 0.3) is 0 Å². The molecular formula is C26H31NO6. The molecule has 0 unspecified atom stereocenters. The van der Waals surface area contributed by atoms with Crippen LogP contribution < -0.4 is 5.32 Å². The highest BCUT2D eigenvalue weighted by Crippen LogP contribution is 2.44. The van der Waals surface area contributed by atoms with E-state index in [1.165, 1.54) is 11.1 Å². The summed E-state index contributed by atoms with van der Waals surface area (Å²) in [6.07, 6.45) is -1.46. The maximum atomic E-state index is 12.5. The number of hydrogen-bond donors (Lipinski definition) is 2. The van der Waals surface area contributed by atoms with Gasteiger partial charge in [-0.1, -0.05) is 55.5 Å². The molecule has 1 heterocycles. The summed E-state index contributed by atoms with van der Waals surface area (Å²) in [4.78, 5) is 24.0. The van der Waals surface area contributed by atoms with Crippen LogP contribution in [-0.2, 0) is 19.0 Å². The van der Waals surface area contributed by atoms with Gasteiger partial charge < -0.3 is 24.6 Å². The van der Waals surface area contributed by atoms with Gasteiger partial charge in [0.1, 0.15) is 6.61 Å². The number of carbonyl (C=O) groups excluding carboxylic acids is 1. The number of fused-ring (bicyclic) bond motifs is 3. The Hall–Kier alpha value is -2.90. The van der Waals surface area contributed by atoms with Crippen molar-refractivity contribution in [2.75, 3.05) is 13.2 Å². The van der Waals surface area contributed by atoms with E-state index in [1.54, 1.807) is 20.8 Å². The van der Waals surface area contributed by atoms with Crippen LogP contribution in [0, 0.1) is 11.8 Å². The Labute approximate surface area is 194 Å². The van der Waals surface area contributed by atoms with Crippen LogP contribution in [0.1, 0.15) is 44.7 Å². The molecule has 1 fully saturated rings. The van der Waals surface area contributed by atoms with Gasteiger partial charge in [0, 0.05) is 18.4 Å². The highest BCUT2D eigenvalue weighted by Gasteiger charge is 2.45. The third-order valence-corrected chi connectivity index (χ3v) is 6.63. The van der Waals surface area contributed by atoms with Crippen molar-refractivity contribution in [2.24, 2.45) is 11.8 Å². The van der Waals surface area contributed by atoms with Gasteiger partial charge in [-0.05, 0) is 43.0 Å². The minimum Gasteiger partial charge on any atom is -0.481 e. The van der Waals surface area contributed by atoms with Crippen LogP contribution in [0.25, 0.3) is 11.1 Å². The number of amides is 1. The Kier molecular flexibility index (Phi) is 6.45. The van der Waals surface area contributed by atoms with Gasteiger partial charge in [0.2, 0.25) is 0 Å². The molecule has 0 radical (unpaired) electrons. The van der Waals surface area contributed by atoms with Gasteiger partial charge >= 0.3 is 12.1 Å². The van der Waals surface area contributed by atoms with E-state index in [9.17, 15) is 14.7 Å². The SMILES string of the molecule is C[C@@H]1[C@@H]([C@H](C)C(=O)O)OC(C)(C)O[C@@H]1CNC(=O)OCC1c2ccccc2-c2ccccc21. The predicted molar refractivity (Wildman–Crippen MR) is 123 cm³/mol. The molecule has 2 aromatic rings. The van der Waals surface area contributed by atoms with E-state index in [0.29, 0.717) is 0 Å². The zero-order valence-corrected chi connectivity index (χ0v) is 19.4. The fourth-order valence-corrected chi connectivity index (χ4v) is 4.91. The second-order valence-electron chi connectivity index (χ2n) is 9.33. The van der Waals surface area contributed by atoms with E-state index >= 15 is 0 Å². The minimum absolute atomic E-state index is 0.0128. The molecular weight excluding hydrogens is 422 g/mol. The molecule has 2 aromatic carbocycles. The van der Waals surface area contributed by atoms with Crippen molar-refractivity contribution in [2.45, 2.75) is 51.6 Å². The first-order valence-electron chi connectivity index (χ1n) is 11.3. The average Bonchev–Trinajstić information content (AvgIpc) is 3.11. The maximum absolute atomic E-state index is 12.5. The van der Waals surface area contributed by atoms with Gasteiger partial charge in [0.05, 0.1) is 18.1 Å². The van der Waals surface area contributed by atoms with E-state index in [0.717, 1.165) is 11.1 Å². The standard InChI is InChI=1S/C26H31NO6/c1-15-22(32-26(3,4)33-23(15)16(2)24(28)29)13-27-25(30)31-14-21-19-11-7-5-9-17(19)18-10-6-8-12-20(18)21/h5-12,15-16,21-23H,13-14H2,1-4H3,(H,27,30)(H,28,29)/t15-,16-,22+,23-/m0/s1. The van der Waals surface area contributed by atoms with Gasteiger partial charge in [-0.15, -0.1) is 0 Å². The number of aliphatic carboxylic acids is 1. The number of benzene rings is 2. The summed E-state index contributed by atoms with van der Waals surface area (Å²) in [7, 11) is 0. The zero-order valence-electron chi connectivity index (χ0n) is 19.4. The van der Waals surface area contributed by atoms with Crippen molar-refractivity contribution in [3.63, 3.8) is 0 Å². The number of carboxylic acids is 1. The van der Waals surface area contributed by atoms with E-state index in [1.807, 2.05) is 31.2 Å². The highest BCUT2D eigenvalue weighted by molar-refractivity contribution is 5.79. The molecule has 2 aliphatic rings. The normalized spacial score (nSPS) is 24.4. The first kappa shape index (κ1) is 23.3. The quantitative estimate of drug-likeness (QED) is 0.673. The lowest BCUT2D eigenvalue weighted by molar-refractivity contribution is -0.323. The largest absolute Gasteiger partial charge is 0.481 e. The monoisotopic (exact) mass is 453 g/mol. The molecule has 2 N–H and O–H groups in total. The molecule has 1 amide bonds. The summed E-state index contributed by atoms with van der Waals surface area (Å²) in [5, 5.41) is 12.2. The van der Waals surface area contributed by atoms with Gasteiger partial charge in [0.15, 0.2) is 5.79 Å². The number of carbonyl (C=O) groups is 2. The lowest BCUT2D eigenvalue weighted by Crippen LogP contribution is -2.56. The number of nitrogens with one attached hydrogen (secondary N) is 1. The van der Waals surface area contributed by atoms with Crippen molar-refractivity contribution < 1.29 is 28.9 Å². The predicted octanol–water partition coefficient (Wildman–Crippen LogP) is 4.40. The second-order valence-corrected chi connectivity index (χ2v) is 9.33. The molecule has 1 aliphatic heterocycles. The van der Waals surface area contributed by atoms with Crippen LogP contribution in [0.5, 0.6) is 0 Å². The molecule has 7 nitrogen and oxygen atoms in total. The smallest absolute Gasteiger partial charge is 0.407 e. The first-order valence-corrected chi connectivity index (χ1v) is 11.3. The molecule has 0 spiro atoms. The molecule has 4 rings (SSSR count). The molecule has 1 aliphatic carbocycles. The van der Waals surface area contributed by atoms with E-state index in [2.05, 4.69) is 29.6 Å². The summed E-state index contributed by atoms with van der Waals surface area (Å²) in [6.45, 7) is 7.44. The number of alkyl carbamates (subject to hydrolysis) is 1. The molecule has 176 valence electrons. The van der Waals surface area contributed by atoms with Gasteiger partial charge in [-0.25, -0.2) is 4.79 Å². The van der Waals surface area contributed by atoms with Crippen molar-refractivity contribution in [1.29, 1.82) is 0 Å². The number of carboxylic acid groups (broad SMARTS) is 1. The summed E-state index contributed by atoms with van der Waals surface area (Å²) in [6, 6.07) is 16.4. The summed E-state index contributed by atoms with van der Waals surface area (Å²) >= 11 is 0.